The van der Waals surface area contributed by atoms with Crippen molar-refractivity contribution < 1.29 is 4.79 Å². The van der Waals surface area contributed by atoms with Crippen molar-refractivity contribution in [3.05, 3.63) is 0 Å². The van der Waals surface area contributed by atoms with Crippen LogP contribution in [-0.2, 0) is 4.79 Å². The Labute approximate surface area is 73.7 Å². The molecule has 0 aromatic heterocycles. The number of carbonyl (C=O) groups excluding carboxylic acids is 1. The predicted octanol–water partition coefficient (Wildman–Crippen LogP) is 1.56. The summed E-state index contributed by atoms with van der Waals surface area (Å²) in [5.74, 6) is 2.02. The van der Waals surface area contributed by atoms with E-state index in [0.717, 1.165) is 6.42 Å². The molecule has 0 aliphatic heterocycles. The molecule has 0 spiro atoms. The minimum atomic E-state index is 0.316. The van der Waals surface area contributed by atoms with Crippen LogP contribution in [0.4, 0.5) is 0 Å². The summed E-state index contributed by atoms with van der Waals surface area (Å²) in [7, 11) is 0. The van der Waals surface area contributed by atoms with Crippen molar-refractivity contribution in [1.82, 2.24) is 5.32 Å². The van der Waals surface area contributed by atoms with Gasteiger partial charge in [-0.25, -0.2) is 0 Å². The lowest BCUT2D eigenvalue weighted by Crippen LogP contribution is -2.27. The van der Waals surface area contributed by atoms with Crippen LogP contribution in [0.5, 0.6) is 0 Å². The Bertz CT molecular complexity index is 196. The molecule has 1 N–H and O–H groups in total. The lowest BCUT2D eigenvalue weighted by atomic mass is 10.1. The van der Waals surface area contributed by atoms with E-state index in [1.807, 2.05) is 0 Å². The number of nitrogens with one attached hydrogen (secondary N) is 1. The van der Waals surface area contributed by atoms with Crippen molar-refractivity contribution in [2.45, 2.75) is 39.2 Å². The molecule has 0 bridgehead atoms. The van der Waals surface area contributed by atoms with Crippen LogP contribution in [-0.4, -0.2) is 11.9 Å². The zero-order valence-corrected chi connectivity index (χ0v) is 7.84. The third-order valence-corrected chi connectivity index (χ3v) is 2.96. The minimum Gasteiger partial charge on any atom is -0.353 e. The molecule has 0 saturated heterocycles. The number of carbonyl (C=O) groups is 1. The van der Waals surface area contributed by atoms with Gasteiger partial charge in [0.25, 0.3) is 0 Å². The van der Waals surface area contributed by atoms with Crippen molar-refractivity contribution in [3.8, 4) is 0 Å². The van der Waals surface area contributed by atoms with Crippen molar-refractivity contribution in [2.24, 2.45) is 17.8 Å². The van der Waals surface area contributed by atoms with E-state index in [2.05, 4.69) is 19.2 Å². The minimum absolute atomic E-state index is 0.316. The molecule has 12 heavy (non-hydrogen) atoms. The maximum atomic E-state index is 11.5. The maximum Gasteiger partial charge on any atom is 0.223 e. The van der Waals surface area contributed by atoms with Crippen LogP contribution >= 0.6 is 0 Å². The second kappa shape index (κ2) is 2.75. The van der Waals surface area contributed by atoms with Crippen molar-refractivity contribution in [2.75, 3.05) is 0 Å². The van der Waals surface area contributed by atoms with Gasteiger partial charge in [0.1, 0.15) is 0 Å². The van der Waals surface area contributed by atoms with Gasteiger partial charge in [-0.2, -0.15) is 0 Å². The number of hydrogen-bond acceptors (Lipinski definition) is 1. The molecule has 2 aliphatic carbocycles. The average Bonchev–Trinajstić information content (AvgIpc) is 2.82. The quantitative estimate of drug-likeness (QED) is 0.679. The third kappa shape index (κ3) is 1.62. The summed E-state index contributed by atoms with van der Waals surface area (Å²) in [5.41, 5.74) is 0. The van der Waals surface area contributed by atoms with Gasteiger partial charge in [-0.1, -0.05) is 13.8 Å². The van der Waals surface area contributed by atoms with Crippen LogP contribution in [0, 0.1) is 17.8 Å². The number of hydrogen-bond donors (Lipinski definition) is 1. The van der Waals surface area contributed by atoms with Gasteiger partial charge < -0.3 is 5.32 Å². The van der Waals surface area contributed by atoms with Crippen LogP contribution in [0.2, 0.25) is 0 Å². The average molecular weight is 167 g/mol. The van der Waals surface area contributed by atoms with Gasteiger partial charge in [-0.3, -0.25) is 4.79 Å². The summed E-state index contributed by atoms with van der Waals surface area (Å²) < 4.78 is 0. The van der Waals surface area contributed by atoms with E-state index in [4.69, 9.17) is 0 Å². The molecule has 2 rings (SSSR count). The van der Waals surface area contributed by atoms with Gasteiger partial charge in [0.2, 0.25) is 5.91 Å². The first-order chi connectivity index (χ1) is 5.68. The molecule has 0 aromatic rings. The predicted molar refractivity (Wildman–Crippen MR) is 47.6 cm³/mol. The fraction of sp³-hybridized carbons (Fsp3) is 0.900. The first-order valence-electron chi connectivity index (χ1n) is 4.99. The Hall–Kier alpha value is -0.530. The summed E-state index contributed by atoms with van der Waals surface area (Å²) in [6, 6.07) is 0.533. The largest absolute Gasteiger partial charge is 0.353 e. The molecule has 68 valence electrons. The highest BCUT2D eigenvalue weighted by Crippen LogP contribution is 2.44. The van der Waals surface area contributed by atoms with Crippen LogP contribution in [0.15, 0.2) is 0 Å². The van der Waals surface area contributed by atoms with Crippen molar-refractivity contribution in [3.63, 3.8) is 0 Å². The fourth-order valence-corrected chi connectivity index (χ4v) is 1.79. The zero-order valence-electron chi connectivity index (χ0n) is 7.84. The van der Waals surface area contributed by atoms with Gasteiger partial charge in [0.05, 0.1) is 0 Å². The van der Waals surface area contributed by atoms with Crippen LogP contribution < -0.4 is 5.32 Å². The van der Waals surface area contributed by atoms with Crippen LogP contribution in [0.3, 0.4) is 0 Å². The Balaban J connectivity index is 1.75. The standard InChI is InChI=1S/C10H17NO/c1-6(2)8-5-9(8)10(12)11-7-3-4-7/h6-9H,3-5H2,1-2H3,(H,11,12). The molecule has 2 atom stereocenters. The molecule has 0 heterocycles. The van der Waals surface area contributed by atoms with E-state index >= 15 is 0 Å². The summed E-state index contributed by atoms with van der Waals surface area (Å²) in [6.07, 6.45) is 3.52. The monoisotopic (exact) mass is 167 g/mol. The van der Waals surface area contributed by atoms with E-state index in [1.54, 1.807) is 0 Å². The highest BCUT2D eigenvalue weighted by atomic mass is 16.2. The topological polar surface area (TPSA) is 29.1 Å². The molecule has 2 aliphatic rings. The SMILES string of the molecule is CC(C)C1CC1C(=O)NC1CC1. The summed E-state index contributed by atoms with van der Waals surface area (Å²) >= 11 is 0. The Morgan fingerprint density at radius 3 is 2.50 bits per heavy atom. The first-order valence-corrected chi connectivity index (χ1v) is 4.99. The second-order valence-electron chi connectivity index (χ2n) is 4.53. The normalized spacial score (nSPS) is 33.6. The van der Waals surface area contributed by atoms with Gasteiger partial charge in [-0.15, -0.1) is 0 Å². The highest BCUT2D eigenvalue weighted by Gasteiger charge is 2.45. The summed E-state index contributed by atoms with van der Waals surface area (Å²) in [5, 5.41) is 3.06. The molecule has 1 amide bonds. The molecule has 2 saturated carbocycles. The molecule has 0 radical (unpaired) electrons. The van der Waals surface area contributed by atoms with Crippen molar-refractivity contribution >= 4 is 5.91 Å². The Morgan fingerprint density at radius 1 is 1.42 bits per heavy atom. The highest BCUT2D eigenvalue weighted by molar-refractivity contribution is 5.82. The van der Waals surface area contributed by atoms with Crippen molar-refractivity contribution in [1.29, 1.82) is 0 Å². The lowest BCUT2D eigenvalue weighted by molar-refractivity contribution is -0.122. The molecule has 0 aromatic carbocycles. The molecule has 2 unspecified atom stereocenters. The zero-order chi connectivity index (χ0) is 8.72. The van der Waals surface area contributed by atoms with Crippen LogP contribution in [0.1, 0.15) is 33.1 Å². The molecular weight excluding hydrogens is 150 g/mol. The van der Waals surface area contributed by atoms with Crippen LogP contribution in [0.25, 0.3) is 0 Å². The Kier molecular flexibility index (Phi) is 1.85. The second-order valence-corrected chi connectivity index (χ2v) is 4.53. The number of amides is 1. The Morgan fingerprint density at radius 2 is 2.08 bits per heavy atom. The fourth-order valence-electron chi connectivity index (χ4n) is 1.79. The maximum absolute atomic E-state index is 11.5. The number of rotatable bonds is 3. The van der Waals surface area contributed by atoms with E-state index < -0.39 is 0 Å². The van der Waals surface area contributed by atoms with Gasteiger partial charge in [0, 0.05) is 12.0 Å². The first kappa shape index (κ1) is 8.09. The van der Waals surface area contributed by atoms with E-state index in [-0.39, 0.29) is 0 Å². The van der Waals surface area contributed by atoms with Gasteiger partial charge in [-0.05, 0) is 31.1 Å². The lowest BCUT2D eigenvalue weighted by Gasteiger charge is -2.03. The van der Waals surface area contributed by atoms with E-state index in [1.165, 1.54) is 12.8 Å². The van der Waals surface area contributed by atoms with Gasteiger partial charge in [0.15, 0.2) is 0 Å². The molecule has 2 nitrogen and oxygen atoms in total. The smallest absolute Gasteiger partial charge is 0.223 e. The van der Waals surface area contributed by atoms with Gasteiger partial charge >= 0.3 is 0 Å². The summed E-state index contributed by atoms with van der Waals surface area (Å²) in [6.45, 7) is 4.41. The molecular formula is C10H17NO. The van der Waals surface area contributed by atoms with E-state index in [9.17, 15) is 4.79 Å². The summed E-state index contributed by atoms with van der Waals surface area (Å²) in [4.78, 5) is 11.5. The molecule has 2 fully saturated rings. The van der Waals surface area contributed by atoms with E-state index in [0.29, 0.717) is 29.7 Å². The molecule has 2 heteroatoms. The third-order valence-electron chi connectivity index (χ3n) is 2.96.